The molecular weight excluding hydrogens is 858 g/mol. The van der Waals surface area contributed by atoms with Crippen molar-refractivity contribution in [1.29, 1.82) is 0 Å². The summed E-state index contributed by atoms with van der Waals surface area (Å²) in [7, 11) is -4.41. The van der Waals surface area contributed by atoms with Gasteiger partial charge in [0.15, 0.2) is 6.10 Å². The van der Waals surface area contributed by atoms with Crippen LogP contribution < -0.4 is 5.73 Å². The van der Waals surface area contributed by atoms with E-state index in [4.69, 9.17) is 24.3 Å². The van der Waals surface area contributed by atoms with E-state index in [0.29, 0.717) is 12.8 Å². The van der Waals surface area contributed by atoms with E-state index in [-0.39, 0.29) is 32.6 Å². The van der Waals surface area contributed by atoms with Crippen molar-refractivity contribution in [2.24, 2.45) is 5.73 Å². The van der Waals surface area contributed by atoms with Crippen LogP contribution in [0.1, 0.15) is 168 Å². The Morgan fingerprint density at radius 1 is 0.448 bits per heavy atom. The lowest BCUT2D eigenvalue weighted by molar-refractivity contribution is -0.161. The fourth-order valence-corrected chi connectivity index (χ4v) is 6.83. The maximum absolute atomic E-state index is 12.7. The van der Waals surface area contributed by atoms with Crippen LogP contribution in [0, 0.1) is 0 Å². The van der Waals surface area contributed by atoms with Crippen molar-refractivity contribution in [1.82, 2.24) is 0 Å². The Morgan fingerprint density at radius 3 is 1.19 bits per heavy atom. The Hall–Kier alpha value is -4.11. The quantitative estimate of drug-likeness (QED) is 0.0265. The van der Waals surface area contributed by atoms with E-state index in [2.05, 4.69) is 154 Å². The molecule has 10 heteroatoms. The molecule has 0 heterocycles. The number of hydrogen-bond donors (Lipinski definition) is 2. The second-order valence-corrected chi connectivity index (χ2v) is 17.4. The number of esters is 2. The van der Waals surface area contributed by atoms with E-state index in [1.165, 1.54) is 12.8 Å². The van der Waals surface area contributed by atoms with Gasteiger partial charge in [0.25, 0.3) is 0 Å². The minimum Gasteiger partial charge on any atom is -0.462 e. The SMILES string of the molecule is CC/C=C\C/C=C\C/C=C\C/C=C\C/C=C\C/C=C\C/C=C\CCCCCCCCCC(=O)OC(COC(=O)CCC/C=C\C/C=C\C/C=C\C/C=C\C/C=C\CC)COP(=O)(O)OCCN. The van der Waals surface area contributed by atoms with Crippen LogP contribution in [-0.2, 0) is 32.7 Å². The van der Waals surface area contributed by atoms with Gasteiger partial charge >= 0.3 is 19.8 Å². The summed E-state index contributed by atoms with van der Waals surface area (Å²) in [4.78, 5) is 35.0. The summed E-state index contributed by atoms with van der Waals surface area (Å²) in [6, 6.07) is 0. The van der Waals surface area contributed by atoms with Crippen molar-refractivity contribution in [2.45, 2.75) is 174 Å². The zero-order valence-electron chi connectivity index (χ0n) is 41.6. The molecule has 0 aromatic rings. The van der Waals surface area contributed by atoms with Gasteiger partial charge in [0.05, 0.1) is 13.2 Å². The predicted molar refractivity (Wildman–Crippen MR) is 283 cm³/mol. The molecule has 0 aromatic heterocycles. The number of unbranched alkanes of at least 4 members (excludes halogenated alkanes) is 8. The molecule has 2 unspecified atom stereocenters. The first-order valence-electron chi connectivity index (χ1n) is 25.3. The number of carbonyl (C=O) groups is 2. The lowest BCUT2D eigenvalue weighted by Gasteiger charge is -2.19. The molecule has 9 nitrogen and oxygen atoms in total. The summed E-state index contributed by atoms with van der Waals surface area (Å²) in [6.45, 7) is 3.40. The van der Waals surface area contributed by atoms with Crippen molar-refractivity contribution in [2.75, 3.05) is 26.4 Å². The molecule has 0 bridgehead atoms. The highest BCUT2D eigenvalue weighted by Crippen LogP contribution is 2.43. The summed E-state index contributed by atoms with van der Waals surface area (Å²) in [5.74, 6) is -0.925. The van der Waals surface area contributed by atoms with Crippen LogP contribution in [0.5, 0.6) is 0 Å². The highest BCUT2D eigenvalue weighted by atomic mass is 31.2. The molecular formula is C57H90NO8P. The van der Waals surface area contributed by atoms with E-state index in [1.807, 2.05) is 6.08 Å². The molecule has 0 aliphatic rings. The zero-order chi connectivity index (χ0) is 48.8. The molecule has 0 fully saturated rings. The first kappa shape index (κ1) is 62.9. The van der Waals surface area contributed by atoms with E-state index in [0.717, 1.165) is 116 Å². The van der Waals surface area contributed by atoms with E-state index >= 15 is 0 Å². The van der Waals surface area contributed by atoms with Crippen molar-refractivity contribution in [3.05, 3.63) is 146 Å². The molecule has 0 aliphatic carbocycles. The van der Waals surface area contributed by atoms with Gasteiger partial charge in [-0.25, -0.2) is 4.57 Å². The minimum atomic E-state index is -4.41. The number of nitrogens with two attached hydrogens (primary N) is 1. The summed E-state index contributed by atoms with van der Waals surface area (Å²) in [5, 5.41) is 0. The summed E-state index contributed by atoms with van der Waals surface area (Å²) >= 11 is 0. The number of hydrogen-bond acceptors (Lipinski definition) is 8. The van der Waals surface area contributed by atoms with Crippen LogP contribution in [-0.4, -0.2) is 49.3 Å². The van der Waals surface area contributed by atoms with Crippen molar-refractivity contribution in [3.63, 3.8) is 0 Å². The van der Waals surface area contributed by atoms with Crippen LogP contribution in [0.15, 0.2) is 146 Å². The molecule has 0 aromatic carbocycles. The number of rotatable bonds is 45. The Morgan fingerprint density at radius 2 is 0.791 bits per heavy atom. The maximum Gasteiger partial charge on any atom is 0.472 e. The van der Waals surface area contributed by atoms with Gasteiger partial charge in [-0.2, -0.15) is 0 Å². The van der Waals surface area contributed by atoms with Crippen LogP contribution >= 0.6 is 7.82 Å². The van der Waals surface area contributed by atoms with E-state index in [9.17, 15) is 19.0 Å². The average Bonchev–Trinajstić information content (AvgIpc) is 3.32. The van der Waals surface area contributed by atoms with Crippen LogP contribution in [0.2, 0.25) is 0 Å². The Labute approximate surface area is 407 Å². The number of carbonyl (C=O) groups excluding carboxylic acids is 2. The third kappa shape index (κ3) is 51.1. The molecule has 0 aliphatic heterocycles. The van der Waals surface area contributed by atoms with Gasteiger partial charge in [0, 0.05) is 19.4 Å². The Bertz CT molecular complexity index is 1600. The molecule has 0 amide bonds. The van der Waals surface area contributed by atoms with Gasteiger partial charge in [-0.1, -0.05) is 192 Å². The van der Waals surface area contributed by atoms with Gasteiger partial charge in [0.1, 0.15) is 6.61 Å². The van der Waals surface area contributed by atoms with Gasteiger partial charge in [-0.15, -0.1) is 0 Å². The number of phosphoric ester groups is 1. The monoisotopic (exact) mass is 948 g/mol. The molecule has 376 valence electrons. The highest BCUT2D eigenvalue weighted by molar-refractivity contribution is 7.47. The standard InChI is InChI=1S/C57H90NO8P/c1-3-5-7-9-11-13-15-17-19-21-22-23-24-25-26-27-28-29-30-31-32-34-36-38-40-42-44-46-48-50-57(60)66-55(54-65-67(61,62)64-52-51-58)53-63-56(59)49-47-45-43-41-39-37-35-33-20-18-16-14-12-10-8-6-4-2/h5-8,11-14,17-20,22-23,25-26,28-29,31-32,35,37,41,43,55H,3-4,9-10,15-16,21,24,27,30,33-34,36,38-40,42,44-54,58H2,1-2H3,(H,61,62)/b7-5-,8-6-,13-11-,14-12-,19-17-,20-18-,23-22-,26-25-,29-28-,32-31-,37-35-,43-41-. The third-order valence-corrected chi connectivity index (χ3v) is 10.7. The molecule has 2 atom stereocenters. The maximum atomic E-state index is 12.7. The lowest BCUT2D eigenvalue weighted by Crippen LogP contribution is -2.29. The summed E-state index contributed by atoms with van der Waals surface area (Å²) in [6.07, 6.45) is 73.2. The van der Waals surface area contributed by atoms with E-state index in [1.54, 1.807) is 0 Å². The topological polar surface area (TPSA) is 134 Å². The molecule has 0 saturated heterocycles. The van der Waals surface area contributed by atoms with Gasteiger partial charge in [-0.05, 0) is 109 Å². The van der Waals surface area contributed by atoms with Crippen LogP contribution in [0.3, 0.4) is 0 Å². The second-order valence-electron chi connectivity index (χ2n) is 15.9. The highest BCUT2D eigenvalue weighted by Gasteiger charge is 2.26. The second kappa shape index (κ2) is 51.3. The van der Waals surface area contributed by atoms with Gasteiger partial charge < -0.3 is 20.1 Å². The smallest absolute Gasteiger partial charge is 0.462 e. The summed E-state index contributed by atoms with van der Waals surface area (Å²) in [5.41, 5.74) is 5.36. The Kier molecular flexibility index (Phi) is 48.1. The van der Waals surface area contributed by atoms with Crippen molar-refractivity contribution in [3.8, 4) is 0 Å². The minimum absolute atomic E-state index is 0.0349. The van der Waals surface area contributed by atoms with Crippen LogP contribution in [0.25, 0.3) is 0 Å². The molecule has 67 heavy (non-hydrogen) atoms. The average molecular weight is 948 g/mol. The fraction of sp³-hybridized carbons (Fsp3) is 0.544. The lowest BCUT2D eigenvalue weighted by atomic mass is 10.1. The van der Waals surface area contributed by atoms with Crippen LogP contribution in [0.4, 0.5) is 0 Å². The molecule has 0 spiro atoms. The fourth-order valence-electron chi connectivity index (χ4n) is 6.06. The summed E-state index contributed by atoms with van der Waals surface area (Å²) < 4.78 is 32.8. The molecule has 0 radical (unpaired) electrons. The number of ether oxygens (including phenoxy) is 2. The van der Waals surface area contributed by atoms with E-state index < -0.39 is 32.5 Å². The number of allylic oxidation sites excluding steroid dienone is 24. The zero-order valence-corrected chi connectivity index (χ0v) is 42.5. The normalized spacial score (nSPS) is 14.4. The van der Waals surface area contributed by atoms with Gasteiger partial charge in [0.2, 0.25) is 0 Å². The van der Waals surface area contributed by atoms with Crippen molar-refractivity contribution >= 4 is 19.8 Å². The third-order valence-electron chi connectivity index (χ3n) is 9.72. The molecule has 0 saturated carbocycles. The number of phosphoric acid groups is 1. The molecule has 3 N–H and O–H groups in total. The Balaban J connectivity index is 4.18. The largest absolute Gasteiger partial charge is 0.472 e. The molecule has 0 rings (SSSR count). The first-order valence-corrected chi connectivity index (χ1v) is 26.8. The van der Waals surface area contributed by atoms with Crippen molar-refractivity contribution < 1.29 is 37.6 Å². The first-order chi connectivity index (χ1) is 32.8. The predicted octanol–water partition coefficient (Wildman–Crippen LogP) is 15.6. The van der Waals surface area contributed by atoms with Gasteiger partial charge in [-0.3, -0.25) is 18.6 Å².